The van der Waals surface area contributed by atoms with Crippen molar-refractivity contribution in [2.24, 2.45) is 0 Å². The van der Waals surface area contributed by atoms with Gasteiger partial charge in [0.2, 0.25) is 5.43 Å². The molecule has 6 nitrogen and oxygen atoms in total. The summed E-state index contributed by atoms with van der Waals surface area (Å²) in [6.07, 6.45) is -0.0496. The van der Waals surface area contributed by atoms with Gasteiger partial charge in [0.05, 0.1) is 18.0 Å². The van der Waals surface area contributed by atoms with Crippen molar-refractivity contribution in [3.63, 3.8) is 0 Å². The van der Waals surface area contributed by atoms with Crippen LogP contribution in [0.2, 0.25) is 0 Å². The molecule has 3 aliphatic carbocycles. The van der Waals surface area contributed by atoms with Gasteiger partial charge < -0.3 is 10.0 Å². The monoisotopic (exact) mass is 579 g/mol. The summed E-state index contributed by atoms with van der Waals surface area (Å²) in [5.41, 5.74) is 1.20. The summed E-state index contributed by atoms with van der Waals surface area (Å²) < 4.78 is 78.0. The van der Waals surface area contributed by atoms with Crippen LogP contribution in [0.5, 0.6) is 5.75 Å². The molecule has 8 rings (SSSR count). The van der Waals surface area contributed by atoms with Gasteiger partial charge in [0.15, 0.2) is 11.4 Å². The molecule has 0 bridgehead atoms. The number of fused-ring (bicyclic) bond motifs is 4. The first kappa shape index (κ1) is 25.3. The molecule has 1 saturated heterocycles. The molecular formula is C31H22F5N3O3. The topological polar surface area (TPSA) is 65.8 Å². The van der Waals surface area contributed by atoms with Crippen LogP contribution in [0.25, 0.3) is 11.1 Å². The average molecular weight is 580 g/mol. The lowest BCUT2D eigenvalue weighted by atomic mass is 9.78. The predicted molar refractivity (Wildman–Crippen MR) is 142 cm³/mol. The molecule has 0 saturated carbocycles. The van der Waals surface area contributed by atoms with Crippen molar-refractivity contribution in [3.05, 3.63) is 110 Å². The van der Waals surface area contributed by atoms with Gasteiger partial charge in [0, 0.05) is 37.2 Å². The zero-order valence-corrected chi connectivity index (χ0v) is 21.9. The highest BCUT2D eigenvalue weighted by Gasteiger charge is 2.54. The van der Waals surface area contributed by atoms with E-state index in [9.17, 15) is 14.7 Å². The molecule has 2 aromatic carbocycles. The van der Waals surface area contributed by atoms with Gasteiger partial charge in [-0.25, -0.2) is 22.0 Å². The number of halogens is 5. The number of carbonyl (C=O) groups is 1. The summed E-state index contributed by atoms with van der Waals surface area (Å²) >= 11 is 0. The molecule has 2 unspecified atom stereocenters. The summed E-state index contributed by atoms with van der Waals surface area (Å²) in [7, 11) is 0. The predicted octanol–water partition coefficient (Wildman–Crippen LogP) is 5.68. The summed E-state index contributed by atoms with van der Waals surface area (Å²) in [6.45, 7) is -0.356. The number of benzene rings is 2. The normalized spacial score (nSPS) is 24.4. The van der Waals surface area contributed by atoms with Crippen LogP contribution in [0.3, 0.4) is 0 Å². The molecule has 42 heavy (non-hydrogen) atoms. The Morgan fingerprint density at radius 1 is 0.976 bits per heavy atom. The Bertz CT molecular complexity index is 1880. The molecule has 2 atom stereocenters. The Labute approximate surface area is 235 Å². The number of nitrogens with zero attached hydrogens (tertiary/aromatic N) is 3. The Balaban J connectivity index is 1.49. The second kappa shape index (κ2) is 8.11. The van der Waals surface area contributed by atoms with E-state index in [0.29, 0.717) is 28.7 Å². The number of aromatic hydroxyl groups is 1. The molecular weight excluding hydrogens is 557 g/mol. The van der Waals surface area contributed by atoms with Gasteiger partial charge in [-0.05, 0) is 45.9 Å². The SMILES string of the molecule is O=C1c2c(O)c(=O)ccn2N(C2c3ccccc3C3=C4C(=CC3)CC(F)(F)c3c(F)ccc2c34)C2CC(F)(F)CCN12. The molecule has 0 spiro atoms. The first-order valence-corrected chi connectivity index (χ1v) is 13.6. The second-order valence-electron chi connectivity index (χ2n) is 11.4. The molecule has 0 radical (unpaired) electrons. The van der Waals surface area contributed by atoms with E-state index in [-0.39, 0.29) is 17.7 Å². The lowest BCUT2D eigenvalue weighted by molar-refractivity contribution is -0.0785. The minimum absolute atomic E-state index is 0.0176. The number of aromatic nitrogens is 1. The lowest BCUT2D eigenvalue weighted by Gasteiger charge is -2.53. The van der Waals surface area contributed by atoms with E-state index < -0.39 is 77.5 Å². The molecule has 2 aliphatic heterocycles. The van der Waals surface area contributed by atoms with Gasteiger partial charge >= 0.3 is 0 Å². The van der Waals surface area contributed by atoms with Crippen LogP contribution in [-0.4, -0.2) is 39.2 Å². The number of pyridine rings is 1. The van der Waals surface area contributed by atoms with E-state index in [0.717, 1.165) is 17.7 Å². The molecule has 1 N–H and O–H groups in total. The van der Waals surface area contributed by atoms with Gasteiger partial charge in [-0.15, -0.1) is 0 Å². The van der Waals surface area contributed by atoms with Crippen molar-refractivity contribution in [2.75, 3.05) is 11.6 Å². The fraction of sp³-hybridized carbons (Fsp3) is 0.290. The molecule has 1 fully saturated rings. The van der Waals surface area contributed by atoms with E-state index in [1.54, 1.807) is 24.3 Å². The molecule has 214 valence electrons. The fourth-order valence-corrected chi connectivity index (χ4v) is 7.45. The van der Waals surface area contributed by atoms with E-state index in [1.165, 1.54) is 26.8 Å². The third kappa shape index (κ3) is 3.19. The highest BCUT2D eigenvalue weighted by atomic mass is 19.3. The largest absolute Gasteiger partial charge is 0.502 e. The van der Waals surface area contributed by atoms with E-state index >= 15 is 22.0 Å². The maximum Gasteiger partial charge on any atom is 0.280 e. The van der Waals surface area contributed by atoms with Gasteiger partial charge in [0.1, 0.15) is 12.0 Å². The van der Waals surface area contributed by atoms with Gasteiger partial charge in [-0.3, -0.25) is 19.3 Å². The van der Waals surface area contributed by atoms with Crippen molar-refractivity contribution in [1.82, 2.24) is 9.58 Å². The second-order valence-corrected chi connectivity index (χ2v) is 11.4. The minimum atomic E-state index is -3.52. The minimum Gasteiger partial charge on any atom is -0.502 e. The standard InChI is InChI=1S/C31H22F5N3O3/c32-20-8-7-19-24-23-15(13-31(35,36)25(20)24)5-6-17(23)16-3-1-2-4-18(16)26(19)39-22-14-30(33,34)10-12-37(22)29(42)27-28(41)21(40)9-11-38(27)39/h1-5,7-9,11,22,26,41H,6,10,12-14H2. The van der Waals surface area contributed by atoms with E-state index in [2.05, 4.69) is 0 Å². The average Bonchev–Trinajstić information content (AvgIpc) is 3.30. The Morgan fingerprint density at radius 3 is 2.57 bits per heavy atom. The number of piperidine rings is 1. The molecule has 3 aromatic rings. The molecule has 11 heteroatoms. The van der Waals surface area contributed by atoms with Crippen molar-refractivity contribution in [1.29, 1.82) is 0 Å². The third-order valence-electron chi connectivity index (χ3n) is 9.16. The highest BCUT2D eigenvalue weighted by Crippen LogP contribution is 2.59. The van der Waals surface area contributed by atoms with E-state index in [4.69, 9.17) is 0 Å². The first-order valence-electron chi connectivity index (χ1n) is 13.6. The van der Waals surface area contributed by atoms with Crippen molar-refractivity contribution in [3.8, 4) is 5.75 Å². The first-order chi connectivity index (χ1) is 20.0. The Hall–Kier alpha value is -4.41. The van der Waals surface area contributed by atoms with Crippen molar-refractivity contribution in [2.45, 2.75) is 49.7 Å². The zero-order valence-electron chi connectivity index (χ0n) is 21.9. The van der Waals surface area contributed by atoms with Crippen LogP contribution >= 0.6 is 0 Å². The Kier molecular flexibility index (Phi) is 4.89. The lowest BCUT2D eigenvalue weighted by Crippen LogP contribution is -2.66. The van der Waals surface area contributed by atoms with Crippen molar-refractivity contribution >= 4 is 17.1 Å². The van der Waals surface area contributed by atoms with Crippen LogP contribution in [0.15, 0.2) is 65.1 Å². The quantitative estimate of drug-likeness (QED) is 0.377. The van der Waals surface area contributed by atoms with Gasteiger partial charge in [0.25, 0.3) is 17.8 Å². The number of allylic oxidation sites excluding steroid dienone is 4. The molecule has 3 heterocycles. The summed E-state index contributed by atoms with van der Waals surface area (Å²) in [4.78, 5) is 27.2. The number of amides is 1. The van der Waals surface area contributed by atoms with Crippen LogP contribution in [-0.2, 0) is 5.92 Å². The van der Waals surface area contributed by atoms with Crippen LogP contribution in [0.4, 0.5) is 22.0 Å². The number of rotatable bonds is 1. The summed E-state index contributed by atoms with van der Waals surface area (Å²) in [5.74, 6) is -9.38. The molecule has 5 aliphatic rings. The zero-order chi connectivity index (χ0) is 29.3. The highest BCUT2D eigenvalue weighted by molar-refractivity contribution is 6.06. The van der Waals surface area contributed by atoms with Crippen LogP contribution < -0.4 is 10.4 Å². The number of alkyl halides is 4. The van der Waals surface area contributed by atoms with Crippen molar-refractivity contribution < 1.29 is 31.9 Å². The van der Waals surface area contributed by atoms with Gasteiger partial charge in [-0.1, -0.05) is 36.4 Å². The number of hydrogen-bond donors (Lipinski definition) is 1. The van der Waals surface area contributed by atoms with Gasteiger partial charge in [-0.2, -0.15) is 0 Å². The summed E-state index contributed by atoms with van der Waals surface area (Å²) in [5, 5.41) is 12.2. The third-order valence-corrected chi connectivity index (χ3v) is 9.16. The van der Waals surface area contributed by atoms with E-state index in [1.807, 2.05) is 6.07 Å². The maximum absolute atomic E-state index is 15.7. The Morgan fingerprint density at radius 2 is 1.76 bits per heavy atom. The maximum atomic E-state index is 15.7. The van der Waals surface area contributed by atoms with Crippen LogP contribution in [0.1, 0.15) is 70.0 Å². The number of hydrogen-bond acceptors (Lipinski definition) is 4. The molecule has 1 aromatic heterocycles. The molecule has 1 amide bonds. The number of carbonyl (C=O) groups excluding carboxylic acids is 1. The smallest absolute Gasteiger partial charge is 0.280 e. The fourth-order valence-electron chi connectivity index (χ4n) is 7.45. The summed E-state index contributed by atoms with van der Waals surface area (Å²) in [6, 6.07) is 9.42. The van der Waals surface area contributed by atoms with Crippen LogP contribution in [0, 0.1) is 5.82 Å².